The lowest BCUT2D eigenvalue weighted by Crippen LogP contribution is -1.91. The van der Waals surface area contributed by atoms with Crippen molar-refractivity contribution in [2.24, 2.45) is 0 Å². The molecule has 1 aromatic carbocycles. The normalized spacial score (nSPS) is 8.23. The Balaban J connectivity index is 0.000000671. The second kappa shape index (κ2) is 6.12. The molecule has 0 atom stereocenters. The number of carbonyl (C=O) groups is 2. The average Bonchev–Trinajstić information content (AvgIpc) is 2.21. The number of carbonyl (C=O) groups excluding carboxylic acids is 2. The third-order valence-corrected chi connectivity index (χ3v) is 1.45. The minimum Gasteiger partial charge on any atom is -0.298 e. The number of hydrogen-bond donors (Lipinski definition) is 0. The quantitative estimate of drug-likeness (QED) is 0.515. The van der Waals surface area contributed by atoms with Crippen molar-refractivity contribution in [1.82, 2.24) is 0 Å². The Hall–Kier alpha value is -1.44. The maximum absolute atomic E-state index is 10.8. The molecular formula is C11H14O2. The van der Waals surface area contributed by atoms with Crippen molar-refractivity contribution in [3.05, 3.63) is 35.4 Å². The second-order valence-electron chi connectivity index (χ2n) is 2.30. The Labute approximate surface area is 78.6 Å². The first kappa shape index (κ1) is 11.6. The van der Waals surface area contributed by atoms with E-state index in [2.05, 4.69) is 0 Å². The molecule has 1 aromatic rings. The van der Waals surface area contributed by atoms with Crippen molar-refractivity contribution in [3.8, 4) is 0 Å². The third kappa shape index (κ3) is 3.65. The highest BCUT2D eigenvalue weighted by Crippen LogP contribution is 2.02. The summed E-state index contributed by atoms with van der Waals surface area (Å²) in [6.07, 6.45) is 0.754. The van der Waals surface area contributed by atoms with Gasteiger partial charge >= 0.3 is 0 Å². The second-order valence-corrected chi connectivity index (χ2v) is 2.30. The molecule has 0 unspecified atom stereocenters. The maximum Gasteiger partial charge on any atom is 0.159 e. The van der Waals surface area contributed by atoms with Gasteiger partial charge in [-0.2, -0.15) is 0 Å². The number of benzene rings is 1. The fourth-order valence-electron chi connectivity index (χ4n) is 0.796. The summed E-state index contributed by atoms with van der Waals surface area (Å²) in [6, 6.07) is 6.55. The summed E-state index contributed by atoms with van der Waals surface area (Å²) in [7, 11) is 0. The van der Waals surface area contributed by atoms with Crippen LogP contribution in [0.25, 0.3) is 0 Å². The summed E-state index contributed by atoms with van der Waals surface area (Å²) >= 11 is 0. The van der Waals surface area contributed by atoms with Gasteiger partial charge in [0.25, 0.3) is 0 Å². The van der Waals surface area contributed by atoms with E-state index in [1.165, 1.54) is 6.92 Å². The van der Waals surface area contributed by atoms with E-state index in [0.29, 0.717) is 11.1 Å². The lowest BCUT2D eigenvalue weighted by molar-refractivity contribution is 0.101. The van der Waals surface area contributed by atoms with Crippen molar-refractivity contribution in [2.45, 2.75) is 20.8 Å². The van der Waals surface area contributed by atoms with Crippen molar-refractivity contribution in [2.75, 3.05) is 0 Å². The molecule has 0 aromatic heterocycles. The van der Waals surface area contributed by atoms with E-state index in [-0.39, 0.29) is 5.78 Å². The predicted molar refractivity (Wildman–Crippen MR) is 53.2 cm³/mol. The lowest BCUT2D eigenvalue weighted by atomic mass is 10.1. The van der Waals surface area contributed by atoms with E-state index in [1.807, 2.05) is 13.8 Å². The Morgan fingerprint density at radius 2 is 1.62 bits per heavy atom. The van der Waals surface area contributed by atoms with E-state index >= 15 is 0 Å². The zero-order chi connectivity index (χ0) is 10.3. The molecule has 0 spiro atoms. The topological polar surface area (TPSA) is 34.1 Å². The van der Waals surface area contributed by atoms with Crippen LogP contribution in [0.5, 0.6) is 0 Å². The van der Waals surface area contributed by atoms with Gasteiger partial charge in [0.2, 0.25) is 0 Å². The van der Waals surface area contributed by atoms with Crippen LogP contribution in [0.15, 0.2) is 24.3 Å². The predicted octanol–water partition coefficient (Wildman–Crippen LogP) is 2.73. The summed E-state index contributed by atoms with van der Waals surface area (Å²) < 4.78 is 0. The van der Waals surface area contributed by atoms with Gasteiger partial charge in [0.15, 0.2) is 5.78 Å². The standard InChI is InChI=1S/C9H8O2.C2H6/c1-7(11)9-4-2-8(6-10)3-5-9;1-2/h2-6H,1H3;1-2H3. The van der Waals surface area contributed by atoms with Gasteiger partial charge in [-0.05, 0) is 6.92 Å². The first-order valence-electron chi connectivity index (χ1n) is 4.30. The summed E-state index contributed by atoms with van der Waals surface area (Å²) in [5.41, 5.74) is 1.23. The summed E-state index contributed by atoms with van der Waals surface area (Å²) in [4.78, 5) is 21.0. The molecule has 0 aliphatic carbocycles. The fraction of sp³-hybridized carbons (Fsp3) is 0.273. The molecule has 2 heteroatoms. The molecule has 0 heterocycles. The van der Waals surface area contributed by atoms with Crippen LogP contribution in [-0.2, 0) is 0 Å². The Bertz CT molecular complexity index is 273. The first-order valence-corrected chi connectivity index (χ1v) is 4.30. The highest BCUT2D eigenvalue weighted by Gasteiger charge is 1.96. The van der Waals surface area contributed by atoms with Crippen LogP contribution in [-0.4, -0.2) is 12.1 Å². The minimum absolute atomic E-state index is 0.0162. The van der Waals surface area contributed by atoms with Crippen LogP contribution in [0.1, 0.15) is 41.5 Å². The monoisotopic (exact) mass is 178 g/mol. The van der Waals surface area contributed by atoms with Crippen LogP contribution in [0.4, 0.5) is 0 Å². The largest absolute Gasteiger partial charge is 0.298 e. The van der Waals surface area contributed by atoms with Crippen molar-refractivity contribution in [1.29, 1.82) is 0 Å². The molecule has 0 saturated heterocycles. The molecule has 0 aliphatic rings. The number of aldehydes is 1. The van der Waals surface area contributed by atoms with E-state index in [1.54, 1.807) is 24.3 Å². The maximum atomic E-state index is 10.8. The molecule has 0 N–H and O–H groups in total. The van der Waals surface area contributed by atoms with E-state index in [4.69, 9.17) is 0 Å². The van der Waals surface area contributed by atoms with E-state index in [0.717, 1.165) is 6.29 Å². The molecule has 2 nitrogen and oxygen atoms in total. The molecular weight excluding hydrogens is 164 g/mol. The molecule has 0 saturated carbocycles. The first-order chi connectivity index (χ1) is 6.24. The Morgan fingerprint density at radius 3 is 1.92 bits per heavy atom. The number of ketones is 1. The Kier molecular flexibility index (Phi) is 5.44. The van der Waals surface area contributed by atoms with Crippen LogP contribution in [0.2, 0.25) is 0 Å². The van der Waals surface area contributed by atoms with Crippen LogP contribution in [0.3, 0.4) is 0 Å². The average molecular weight is 178 g/mol. The van der Waals surface area contributed by atoms with Gasteiger partial charge in [-0.15, -0.1) is 0 Å². The van der Waals surface area contributed by atoms with Gasteiger partial charge in [-0.3, -0.25) is 9.59 Å². The molecule has 70 valence electrons. The van der Waals surface area contributed by atoms with Crippen molar-refractivity contribution >= 4 is 12.1 Å². The molecule has 0 radical (unpaired) electrons. The number of Topliss-reactive ketones (excluding diaryl/α,β-unsaturated/α-hetero) is 1. The fourth-order valence-corrected chi connectivity index (χ4v) is 0.796. The van der Waals surface area contributed by atoms with Gasteiger partial charge < -0.3 is 0 Å². The van der Waals surface area contributed by atoms with E-state index in [9.17, 15) is 9.59 Å². The number of rotatable bonds is 2. The minimum atomic E-state index is 0.0162. The smallest absolute Gasteiger partial charge is 0.159 e. The molecule has 0 fully saturated rings. The van der Waals surface area contributed by atoms with Gasteiger partial charge in [-0.1, -0.05) is 38.1 Å². The molecule has 13 heavy (non-hydrogen) atoms. The zero-order valence-electron chi connectivity index (χ0n) is 8.20. The summed E-state index contributed by atoms with van der Waals surface area (Å²) in [5, 5.41) is 0. The van der Waals surface area contributed by atoms with Gasteiger partial charge in [-0.25, -0.2) is 0 Å². The molecule has 0 aliphatic heterocycles. The molecule has 0 bridgehead atoms. The molecule has 1 rings (SSSR count). The van der Waals surface area contributed by atoms with Crippen LogP contribution < -0.4 is 0 Å². The number of hydrogen-bond acceptors (Lipinski definition) is 2. The highest BCUT2D eigenvalue weighted by atomic mass is 16.1. The van der Waals surface area contributed by atoms with E-state index < -0.39 is 0 Å². The third-order valence-electron chi connectivity index (χ3n) is 1.45. The molecule has 0 amide bonds. The zero-order valence-corrected chi connectivity index (χ0v) is 8.20. The van der Waals surface area contributed by atoms with Gasteiger partial charge in [0.05, 0.1) is 0 Å². The summed E-state index contributed by atoms with van der Waals surface area (Å²) in [6.45, 7) is 5.50. The highest BCUT2D eigenvalue weighted by molar-refractivity contribution is 5.94. The van der Waals surface area contributed by atoms with Crippen molar-refractivity contribution in [3.63, 3.8) is 0 Å². The lowest BCUT2D eigenvalue weighted by Gasteiger charge is -1.93. The van der Waals surface area contributed by atoms with Crippen LogP contribution in [0, 0.1) is 0 Å². The SMILES string of the molecule is CC.CC(=O)c1ccc(C=O)cc1. The Morgan fingerprint density at radius 1 is 1.15 bits per heavy atom. The van der Waals surface area contributed by atoms with Gasteiger partial charge in [0.1, 0.15) is 6.29 Å². The van der Waals surface area contributed by atoms with Crippen molar-refractivity contribution < 1.29 is 9.59 Å². The van der Waals surface area contributed by atoms with Gasteiger partial charge in [0, 0.05) is 11.1 Å². The summed E-state index contributed by atoms with van der Waals surface area (Å²) in [5.74, 6) is 0.0162. The van der Waals surface area contributed by atoms with Crippen LogP contribution >= 0.6 is 0 Å².